The van der Waals surface area contributed by atoms with Crippen LogP contribution in [0.2, 0.25) is 0 Å². The molecule has 0 saturated heterocycles. The number of nitrogens with zero attached hydrogens (tertiary/aromatic N) is 3. The van der Waals surface area contributed by atoms with Crippen molar-refractivity contribution in [1.82, 2.24) is 16.2 Å². The van der Waals surface area contributed by atoms with Gasteiger partial charge in [0.25, 0.3) is 5.69 Å². The molecule has 0 saturated carbocycles. The third kappa shape index (κ3) is 5.97. The zero-order chi connectivity index (χ0) is 18.1. The van der Waals surface area contributed by atoms with Crippen molar-refractivity contribution in [2.75, 3.05) is 7.05 Å². The molecule has 0 amide bonds. The van der Waals surface area contributed by atoms with Gasteiger partial charge in [-0.15, -0.1) is 0 Å². The van der Waals surface area contributed by atoms with Crippen molar-refractivity contribution in [2.24, 2.45) is 10.2 Å². The molecule has 0 radical (unpaired) electrons. The molecular formula is C14H18N6O2S2. The van der Waals surface area contributed by atoms with Crippen molar-refractivity contribution < 1.29 is 4.92 Å². The number of rotatable bonds is 6. The number of thiocarbonyl (C=S) groups is 2. The van der Waals surface area contributed by atoms with E-state index in [2.05, 4.69) is 26.4 Å². The Hall–Kier alpha value is -2.46. The topological polar surface area (TPSA) is 104 Å². The van der Waals surface area contributed by atoms with E-state index in [0.29, 0.717) is 33.5 Å². The van der Waals surface area contributed by atoms with Crippen molar-refractivity contribution in [3.05, 3.63) is 39.9 Å². The molecule has 1 rings (SSSR count). The van der Waals surface area contributed by atoms with E-state index >= 15 is 0 Å². The highest BCUT2D eigenvalue weighted by Crippen LogP contribution is 2.13. The van der Waals surface area contributed by atoms with E-state index in [0.717, 1.165) is 0 Å². The lowest BCUT2D eigenvalue weighted by Gasteiger charge is -2.09. The van der Waals surface area contributed by atoms with E-state index in [9.17, 15) is 10.1 Å². The van der Waals surface area contributed by atoms with Crippen LogP contribution in [0.3, 0.4) is 0 Å². The lowest BCUT2D eigenvalue weighted by Crippen LogP contribution is -2.31. The summed E-state index contributed by atoms with van der Waals surface area (Å²) in [5.41, 5.74) is 7.13. The Morgan fingerprint density at radius 1 is 1.21 bits per heavy atom. The first-order chi connectivity index (χ1) is 11.4. The van der Waals surface area contributed by atoms with Gasteiger partial charge < -0.3 is 5.32 Å². The van der Waals surface area contributed by atoms with E-state index in [1.165, 1.54) is 12.1 Å². The molecule has 1 aromatic rings. The van der Waals surface area contributed by atoms with Crippen LogP contribution in [0.5, 0.6) is 0 Å². The summed E-state index contributed by atoms with van der Waals surface area (Å²) in [4.78, 5) is 10.9. The van der Waals surface area contributed by atoms with Gasteiger partial charge in [0.1, 0.15) is 5.71 Å². The first kappa shape index (κ1) is 19.6. The predicted molar refractivity (Wildman–Crippen MR) is 104 cm³/mol. The molecule has 0 unspecified atom stereocenters. The second kappa shape index (κ2) is 9.63. The third-order valence-corrected chi connectivity index (χ3v) is 3.54. The fourth-order valence-corrected chi connectivity index (χ4v) is 1.63. The summed E-state index contributed by atoms with van der Waals surface area (Å²) in [6.45, 7) is 3.66. The summed E-state index contributed by atoms with van der Waals surface area (Å²) in [6.07, 6.45) is 0.665. The molecule has 0 aliphatic carbocycles. The van der Waals surface area contributed by atoms with Crippen LogP contribution in [-0.2, 0) is 0 Å². The van der Waals surface area contributed by atoms with Gasteiger partial charge in [0.15, 0.2) is 5.11 Å². The number of non-ortho nitro benzene ring substituents is 1. The molecule has 0 spiro atoms. The summed E-state index contributed by atoms with van der Waals surface area (Å²) < 4.78 is 0. The average molecular weight is 366 g/mol. The number of nitrogens with one attached hydrogen (secondary N) is 3. The highest BCUT2D eigenvalue weighted by atomic mass is 32.1. The fraction of sp³-hybridized carbons (Fsp3) is 0.286. The molecule has 10 heteroatoms. The molecule has 8 nitrogen and oxygen atoms in total. The van der Waals surface area contributed by atoms with Crippen LogP contribution in [0, 0.1) is 10.1 Å². The molecule has 0 fully saturated rings. The van der Waals surface area contributed by atoms with E-state index in [4.69, 9.17) is 24.4 Å². The Bertz CT molecular complexity index is 685. The molecule has 3 N–H and O–H groups in total. The smallest absolute Gasteiger partial charge is 0.269 e. The van der Waals surface area contributed by atoms with Crippen LogP contribution in [0.25, 0.3) is 0 Å². The van der Waals surface area contributed by atoms with Gasteiger partial charge in [-0.2, -0.15) is 10.2 Å². The SMILES string of the molecule is CCC(=S)NN=C(C)C(=NNC(=S)NC)c1ccc([N+](=O)[O-])cc1. The summed E-state index contributed by atoms with van der Waals surface area (Å²) >= 11 is 10.1. The molecule has 0 aliphatic rings. The molecule has 0 bridgehead atoms. The minimum atomic E-state index is -0.461. The van der Waals surface area contributed by atoms with Gasteiger partial charge in [-0.1, -0.05) is 19.1 Å². The van der Waals surface area contributed by atoms with Crippen LogP contribution in [0.1, 0.15) is 25.8 Å². The van der Waals surface area contributed by atoms with Crippen molar-refractivity contribution in [2.45, 2.75) is 20.3 Å². The van der Waals surface area contributed by atoms with Gasteiger partial charge in [-0.05, 0) is 37.7 Å². The lowest BCUT2D eigenvalue weighted by atomic mass is 10.1. The van der Waals surface area contributed by atoms with Gasteiger partial charge in [0, 0.05) is 24.7 Å². The van der Waals surface area contributed by atoms with Crippen LogP contribution in [0.4, 0.5) is 5.69 Å². The Morgan fingerprint density at radius 2 is 1.83 bits per heavy atom. The minimum absolute atomic E-state index is 0.00307. The summed E-state index contributed by atoms with van der Waals surface area (Å²) in [7, 11) is 1.67. The molecule has 0 heterocycles. The number of nitro groups is 1. The Balaban J connectivity index is 3.15. The van der Waals surface area contributed by atoms with Gasteiger partial charge in [-0.3, -0.25) is 21.0 Å². The highest BCUT2D eigenvalue weighted by Gasteiger charge is 2.12. The summed E-state index contributed by atoms with van der Waals surface area (Å²) in [6, 6.07) is 5.99. The Labute approximate surface area is 150 Å². The number of hydrogen-bond acceptors (Lipinski definition) is 6. The molecular weight excluding hydrogens is 348 g/mol. The van der Waals surface area contributed by atoms with Crippen molar-refractivity contribution in [3.63, 3.8) is 0 Å². The number of hydrazone groups is 2. The second-order valence-corrected chi connectivity index (χ2v) is 5.44. The van der Waals surface area contributed by atoms with Crippen molar-refractivity contribution in [1.29, 1.82) is 0 Å². The third-order valence-electron chi connectivity index (χ3n) is 2.86. The zero-order valence-corrected chi connectivity index (χ0v) is 15.1. The standard InChI is InChI=1S/C14H18N6O2S2/c1-4-12(23)17-16-9(2)13(18-19-14(24)15-3)10-5-7-11(8-6-10)20(21)22/h5-8H,4H2,1-3H3,(H,17,23)(H2,15,19,24). The van der Waals surface area contributed by atoms with E-state index in [1.807, 2.05) is 6.92 Å². The van der Waals surface area contributed by atoms with Crippen LogP contribution in [0.15, 0.2) is 34.5 Å². The van der Waals surface area contributed by atoms with Gasteiger partial charge >= 0.3 is 0 Å². The van der Waals surface area contributed by atoms with E-state index < -0.39 is 4.92 Å². The molecule has 24 heavy (non-hydrogen) atoms. The molecule has 0 aromatic heterocycles. The highest BCUT2D eigenvalue weighted by molar-refractivity contribution is 7.80. The Morgan fingerprint density at radius 3 is 2.33 bits per heavy atom. The normalized spacial score (nSPS) is 11.6. The van der Waals surface area contributed by atoms with Gasteiger partial charge in [0.05, 0.1) is 15.6 Å². The summed E-state index contributed by atoms with van der Waals surface area (Å²) in [5, 5.41) is 22.3. The van der Waals surface area contributed by atoms with Gasteiger partial charge in [-0.25, -0.2) is 0 Å². The van der Waals surface area contributed by atoms with Crippen molar-refractivity contribution >= 4 is 51.6 Å². The van der Waals surface area contributed by atoms with Crippen LogP contribution < -0.4 is 16.2 Å². The number of benzene rings is 1. The largest absolute Gasteiger partial charge is 0.364 e. The maximum absolute atomic E-state index is 10.8. The average Bonchev–Trinajstić information content (AvgIpc) is 2.59. The van der Waals surface area contributed by atoms with E-state index in [-0.39, 0.29) is 5.69 Å². The predicted octanol–water partition coefficient (Wildman–Crippen LogP) is 2.10. The van der Waals surface area contributed by atoms with Crippen LogP contribution >= 0.6 is 24.4 Å². The van der Waals surface area contributed by atoms with Gasteiger partial charge in [0.2, 0.25) is 0 Å². The first-order valence-electron chi connectivity index (χ1n) is 7.02. The Kier molecular flexibility index (Phi) is 7.86. The second-order valence-electron chi connectivity index (χ2n) is 4.54. The first-order valence-corrected chi connectivity index (χ1v) is 7.84. The maximum Gasteiger partial charge on any atom is 0.269 e. The minimum Gasteiger partial charge on any atom is -0.364 e. The molecule has 0 atom stereocenters. The molecule has 0 aliphatic heterocycles. The maximum atomic E-state index is 10.8. The van der Waals surface area contributed by atoms with E-state index in [1.54, 1.807) is 26.1 Å². The molecule has 128 valence electrons. The zero-order valence-electron chi connectivity index (χ0n) is 13.5. The fourth-order valence-electron chi connectivity index (χ4n) is 1.54. The van der Waals surface area contributed by atoms with Crippen molar-refractivity contribution in [3.8, 4) is 0 Å². The molecule has 1 aromatic carbocycles. The number of hydrogen-bond donors (Lipinski definition) is 3. The lowest BCUT2D eigenvalue weighted by molar-refractivity contribution is -0.384. The number of nitro benzene ring substituents is 1. The summed E-state index contributed by atoms with van der Waals surface area (Å²) in [5.74, 6) is 0. The quantitative estimate of drug-likeness (QED) is 0.306. The van der Waals surface area contributed by atoms with Crippen LogP contribution in [-0.4, -0.2) is 33.5 Å². The monoisotopic (exact) mass is 366 g/mol.